The first-order valence-corrected chi connectivity index (χ1v) is 16.4. The van der Waals surface area contributed by atoms with Gasteiger partial charge in [0.1, 0.15) is 11.5 Å². The summed E-state index contributed by atoms with van der Waals surface area (Å²) >= 11 is 0. The van der Waals surface area contributed by atoms with E-state index in [0.717, 1.165) is 27.7 Å². The van der Waals surface area contributed by atoms with Gasteiger partial charge in [-0.15, -0.1) is 0 Å². The Balaban J connectivity index is 1.62. The Morgan fingerprint density at radius 2 is 1.17 bits per heavy atom. The lowest BCUT2D eigenvalue weighted by molar-refractivity contribution is 0.493. The van der Waals surface area contributed by atoms with Crippen LogP contribution < -0.4 is 32.0 Å². The van der Waals surface area contributed by atoms with Gasteiger partial charge in [-0.25, -0.2) is 0 Å². The lowest BCUT2D eigenvalue weighted by Crippen LogP contribution is -2.57. The van der Waals surface area contributed by atoms with Crippen LogP contribution in [-0.4, -0.2) is 11.1 Å². The number of ether oxygens (including phenoxy) is 1. The molecular weight excluding hydrogens is 565 g/mol. The second-order valence-electron chi connectivity index (χ2n) is 13.7. The van der Waals surface area contributed by atoms with E-state index < -0.39 is 0 Å². The van der Waals surface area contributed by atoms with Gasteiger partial charge in [0.05, 0.1) is 21.9 Å². The summed E-state index contributed by atoms with van der Waals surface area (Å²) in [5, 5.41) is 2.24. The molecule has 2 aromatic heterocycles. The molecule has 0 radical (unpaired) electrons. The van der Waals surface area contributed by atoms with E-state index in [1.165, 1.54) is 22.2 Å². The number of pyridine rings is 2. The second-order valence-corrected chi connectivity index (χ2v) is 13.7. The maximum atomic E-state index is 14.6. The Bertz CT molecular complexity index is 2450. The normalized spacial score (nSPS) is 13.0. The Kier molecular flexibility index (Phi) is 6.41. The van der Waals surface area contributed by atoms with Crippen molar-refractivity contribution in [2.45, 2.75) is 59.3 Å². The van der Waals surface area contributed by atoms with Gasteiger partial charge in [-0.05, 0) is 81.8 Å². The third-order valence-corrected chi connectivity index (χ3v) is 9.97. The smallest absolute Gasteiger partial charge is 0.251 e. The summed E-state index contributed by atoms with van der Waals surface area (Å²) in [7, 11) is 0. The van der Waals surface area contributed by atoms with Crippen LogP contribution in [-0.2, 0) is 0 Å². The molecule has 7 aromatic rings. The van der Waals surface area contributed by atoms with Crippen molar-refractivity contribution >= 4 is 61.2 Å². The third kappa shape index (κ3) is 3.94. The molecule has 1 aliphatic rings. The SMILES string of the molecule is CC(C)c1cc(C(C)C)c(B2c3ccccc3Oc3c2cc2c(=O)c4ccccc4n4c5ccccc5c(=O)c3c24)c(C(C)C)c1. The van der Waals surface area contributed by atoms with E-state index in [2.05, 4.69) is 70.2 Å². The number of nitrogens with zero attached hydrogens (tertiary/aromatic N) is 1. The fourth-order valence-corrected chi connectivity index (χ4v) is 7.73. The lowest BCUT2D eigenvalue weighted by Gasteiger charge is -2.33. The molecule has 0 amide bonds. The average molecular weight is 602 g/mol. The molecule has 0 aliphatic carbocycles. The van der Waals surface area contributed by atoms with Crippen molar-refractivity contribution in [2.75, 3.05) is 0 Å². The number of para-hydroxylation sites is 3. The predicted octanol–water partition coefficient (Wildman–Crippen LogP) is 7.55. The van der Waals surface area contributed by atoms with Gasteiger partial charge in [0.25, 0.3) is 6.71 Å². The van der Waals surface area contributed by atoms with E-state index in [9.17, 15) is 9.59 Å². The van der Waals surface area contributed by atoms with Crippen LogP contribution in [0.2, 0.25) is 0 Å². The molecule has 0 N–H and O–H groups in total. The Morgan fingerprint density at radius 3 is 1.78 bits per heavy atom. The minimum Gasteiger partial charge on any atom is -0.458 e. The molecule has 226 valence electrons. The molecule has 0 spiro atoms. The fourth-order valence-electron chi connectivity index (χ4n) is 7.73. The highest BCUT2D eigenvalue weighted by molar-refractivity contribution is 6.97. The van der Waals surface area contributed by atoms with Crippen molar-refractivity contribution in [3.8, 4) is 11.5 Å². The van der Waals surface area contributed by atoms with Gasteiger partial charge in [0.2, 0.25) is 5.43 Å². The van der Waals surface area contributed by atoms with Crippen LogP contribution in [0, 0.1) is 0 Å². The lowest BCUT2D eigenvalue weighted by atomic mass is 9.33. The van der Waals surface area contributed by atoms with Gasteiger partial charge in [0, 0.05) is 16.2 Å². The maximum Gasteiger partial charge on any atom is 0.251 e. The molecule has 0 unspecified atom stereocenters. The van der Waals surface area contributed by atoms with Crippen LogP contribution in [0.15, 0.2) is 101 Å². The van der Waals surface area contributed by atoms with E-state index in [4.69, 9.17) is 4.74 Å². The maximum absolute atomic E-state index is 14.6. The standard InChI is InChI=1S/C41H36BNO3/c1-22(2)25-19-28(23(3)4)37(29(20-25)24(5)6)42-31-15-9-12-18-35(31)46-41-32(42)21-30-38-36(41)40(45)27-14-8-11-17-34(27)43(38)33-16-10-7-13-26(33)39(30)44/h7-24H,1-6H3. The van der Waals surface area contributed by atoms with Gasteiger partial charge >= 0.3 is 0 Å². The van der Waals surface area contributed by atoms with Crippen molar-refractivity contribution in [3.05, 3.63) is 128 Å². The van der Waals surface area contributed by atoms with Crippen molar-refractivity contribution in [1.29, 1.82) is 0 Å². The van der Waals surface area contributed by atoms with Crippen molar-refractivity contribution < 1.29 is 4.74 Å². The quantitative estimate of drug-likeness (QED) is 0.119. The first-order chi connectivity index (χ1) is 22.2. The van der Waals surface area contributed by atoms with Gasteiger partial charge in [-0.1, -0.05) is 102 Å². The molecular formula is C41H36BNO3. The number of fused-ring (bicyclic) bond motifs is 7. The molecule has 0 bridgehead atoms. The number of hydrogen-bond donors (Lipinski definition) is 0. The summed E-state index contributed by atoms with van der Waals surface area (Å²) < 4.78 is 8.90. The van der Waals surface area contributed by atoms with Crippen molar-refractivity contribution in [2.24, 2.45) is 0 Å². The summed E-state index contributed by atoms with van der Waals surface area (Å²) in [6, 6.07) is 30.4. The highest BCUT2D eigenvalue weighted by atomic mass is 16.5. The summed E-state index contributed by atoms with van der Waals surface area (Å²) in [5.74, 6) is 2.21. The van der Waals surface area contributed by atoms with Crippen LogP contribution in [0.1, 0.15) is 76.0 Å². The first-order valence-electron chi connectivity index (χ1n) is 16.4. The molecule has 46 heavy (non-hydrogen) atoms. The van der Waals surface area contributed by atoms with Crippen molar-refractivity contribution in [1.82, 2.24) is 4.40 Å². The summed E-state index contributed by atoms with van der Waals surface area (Å²) in [5.41, 5.74) is 9.08. The van der Waals surface area contributed by atoms with Gasteiger partial charge in [-0.2, -0.15) is 0 Å². The summed E-state index contributed by atoms with van der Waals surface area (Å²) in [6.07, 6.45) is 0. The van der Waals surface area contributed by atoms with Crippen molar-refractivity contribution in [3.63, 3.8) is 0 Å². The van der Waals surface area contributed by atoms with Gasteiger partial charge in [0.15, 0.2) is 5.43 Å². The number of rotatable bonds is 4. The van der Waals surface area contributed by atoms with Crippen LogP contribution in [0.3, 0.4) is 0 Å². The Labute approximate surface area is 268 Å². The molecule has 4 nitrogen and oxygen atoms in total. The fraction of sp³-hybridized carbons (Fsp3) is 0.220. The first kappa shape index (κ1) is 28.6. The largest absolute Gasteiger partial charge is 0.458 e. The van der Waals surface area contributed by atoms with Crippen LogP contribution in [0.5, 0.6) is 11.5 Å². The van der Waals surface area contributed by atoms with E-state index in [-0.39, 0.29) is 29.4 Å². The molecule has 0 atom stereocenters. The highest BCUT2D eigenvalue weighted by Gasteiger charge is 2.39. The van der Waals surface area contributed by atoms with Crippen LogP contribution in [0.25, 0.3) is 38.1 Å². The minimum absolute atomic E-state index is 0.0704. The molecule has 3 heterocycles. The molecule has 5 aromatic carbocycles. The van der Waals surface area contributed by atoms with Gasteiger partial charge in [-0.3, -0.25) is 9.59 Å². The minimum atomic E-state index is -0.221. The number of aromatic nitrogens is 1. The second kappa shape index (κ2) is 10.3. The van der Waals surface area contributed by atoms with E-state index in [1.807, 2.05) is 66.7 Å². The summed E-state index contributed by atoms with van der Waals surface area (Å²) in [6.45, 7) is 13.3. The molecule has 8 rings (SSSR count). The monoisotopic (exact) mass is 601 g/mol. The third-order valence-electron chi connectivity index (χ3n) is 9.97. The molecule has 0 fully saturated rings. The zero-order chi connectivity index (χ0) is 32.0. The average Bonchev–Trinajstić information content (AvgIpc) is 3.05. The molecule has 1 aliphatic heterocycles. The number of benzene rings is 5. The zero-order valence-corrected chi connectivity index (χ0v) is 27.1. The molecule has 0 saturated heterocycles. The van der Waals surface area contributed by atoms with Gasteiger partial charge < -0.3 is 9.14 Å². The topological polar surface area (TPSA) is 47.8 Å². The highest BCUT2D eigenvalue weighted by Crippen LogP contribution is 2.36. The van der Waals surface area contributed by atoms with E-state index in [1.54, 1.807) is 0 Å². The summed E-state index contributed by atoms with van der Waals surface area (Å²) in [4.78, 5) is 29.1. The van der Waals surface area contributed by atoms with Crippen LogP contribution >= 0.6 is 0 Å². The van der Waals surface area contributed by atoms with E-state index >= 15 is 0 Å². The molecule has 0 saturated carbocycles. The number of hydrogen-bond acceptors (Lipinski definition) is 3. The Hall–Kier alpha value is -4.90. The van der Waals surface area contributed by atoms with E-state index in [0.29, 0.717) is 38.7 Å². The predicted molar refractivity (Wildman–Crippen MR) is 194 cm³/mol. The Morgan fingerprint density at radius 1 is 0.609 bits per heavy atom. The zero-order valence-electron chi connectivity index (χ0n) is 27.1. The molecule has 5 heteroatoms. The van der Waals surface area contributed by atoms with Crippen LogP contribution in [0.4, 0.5) is 0 Å².